The molecule has 1 heterocycles. The molecule has 0 spiro atoms. The van der Waals surface area contributed by atoms with Crippen molar-refractivity contribution >= 4 is 29.5 Å². The summed E-state index contributed by atoms with van der Waals surface area (Å²) in [5.74, 6) is -1.72. The number of amides is 4. The second-order valence-corrected chi connectivity index (χ2v) is 7.30. The molecular formula is C22H20F3N3O7. The first kappa shape index (κ1) is 25.3. The van der Waals surface area contributed by atoms with Crippen molar-refractivity contribution in [3.63, 3.8) is 0 Å². The van der Waals surface area contributed by atoms with Crippen molar-refractivity contribution in [3.8, 4) is 17.2 Å². The summed E-state index contributed by atoms with van der Waals surface area (Å²) in [5, 5.41) is 2.56. The molecule has 35 heavy (non-hydrogen) atoms. The van der Waals surface area contributed by atoms with Crippen LogP contribution in [-0.4, -0.2) is 48.5 Å². The van der Waals surface area contributed by atoms with Crippen LogP contribution < -0.4 is 20.5 Å². The number of hydrogen-bond acceptors (Lipinski definition) is 7. The average Bonchev–Trinajstić information content (AvgIpc) is 3.19. The summed E-state index contributed by atoms with van der Waals surface area (Å²) < 4.78 is 53.4. The molecule has 13 heteroatoms. The van der Waals surface area contributed by atoms with Gasteiger partial charge in [0, 0.05) is 12.5 Å². The predicted molar refractivity (Wildman–Crippen MR) is 114 cm³/mol. The third-order valence-electron chi connectivity index (χ3n) is 4.97. The Morgan fingerprint density at radius 1 is 1.11 bits per heavy atom. The summed E-state index contributed by atoms with van der Waals surface area (Å²) in [6, 6.07) is 7.16. The molecule has 2 aromatic carbocycles. The zero-order valence-corrected chi connectivity index (χ0v) is 18.3. The Morgan fingerprint density at radius 2 is 1.77 bits per heavy atom. The lowest BCUT2D eigenvalue weighted by molar-refractivity contribution is -0.148. The maximum absolute atomic E-state index is 12.9. The molecule has 0 bridgehead atoms. The number of halogens is 3. The minimum atomic E-state index is -4.49. The van der Waals surface area contributed by atoms with Gasteiger partial charge in [-0.15, -0.1) is 0 Å². The maximum atomic E-state index is 12.9. The SMILES string of the molecule is COc1ccc(Oc2ccc(C(F)(F)F)cc2)cc1NC(=O)C1CCC(=O)N1C(=O)COC(N)=O. The number of nitrogens with zero attached hydrogens (tertiary/aromatic N) is 1. The third kappa shape index (κ3) is 6.19. The first-order valence-electron chi connectivity index (χ1n) is 10.1. The summed E-state index contributed by atoms with van der Waals surface area (Å²) in [6.45, 7) is -0.801. The van der Waals surface area contributed by atoms with E-state index in [4.69, 9.17) is 15.2 Å². The molecule has 0 aliphatic carbocycles. The van der Waals surface area contributed by atoms with E-state index in [1.807, 2.05) is 0 Å². The van der Waals surface area contributed by atoms with Crippen LogP contribution in [0.3, 0.4) is 0 Å². The van der Waals surface area contributed by atoms with Gasteiger partial charge in [0.2, 0.25) is 11.8 Å². The minimum Gasteiger partial charge on any atom is -0.495 e. The number of primary amides is 1. The third-order valence-corrected chi connectivity index (χ3v) is 4.97. The molecule has 1 saturated heterocycles. The molecule has 2 aromatic rings. The van der Waals surface area contributed by atoms with Gasteiger partial charge in [-0.2, -0.15) is 13.2 Å². The number of anilines is 1. The minimum absolute atomic E-state index is 0.0387. The molecule has 186 valence electrons. The largest absolute Gasteiger partial charge is 0.495 e. The van der Waals surface area contributed by atoms with E-state index in [9.17, 15) is 32.3 Å². The molecule has 4 amide bonds. The van der Waals surface area contributed by atoms with E-state index in [0.717, 1.165) is 24.3 Å². The zero-order valence-electron chi connectivity index (χ0n) is 18.3. The molecule has 3 rings (SSSR count). The van der Waals surface area contributed by atoms with Crippen LogP contribution in [0.5, 0.6) is 17.2 Å². The maximum Gasteiger partial charge on any atom is 0.416 e. The van der Waals surface area contributed by atoms with E-state index in [1.54, 1.807) is 0 Å². The number of benzene rings is 2. The summed E-state index contributed by atoms with van der Waals surface area (Å²) in [6.07, 6.45) is -5.73. The monoisotopic (exact) mass is 495 g/mol. The van der Waals surface area contributed by atoms with Crippen molar-refractivity contribution < 1.29 is 46.6 Å². The quantitative estimate of drug-likeness (QED) is 0.602. The summed E-state index contributed by atoms with van der Waals surface area (Å²) in [7, 11) is 1.34. The highest BCUT2D eigenvalue weighted by Crippen LogP contribution is 2.34. The second kappa shape index (κ2) is 10.3. The van der Waals surface area contributed by atoms with Crippen molar-refractivity contribution in [1.82, 2.24) is 4.90 Å². The molecule has 10 nitrogen and oxygen atoms in total. The van der Waals surface area contributed by atoms with E-state index in [-0.39, 0.29) is 35.8 Å². The lowest BCUT2D eigenvalue weighted by Gasteiger charge is -2.22. The summed E-state index contributed by atoms with van der Waals surface area (Å²) >= 11 is 0. The van der Waals surface area contributed by atoms with Crippen molar-refractivity contribution in [3.05, 3.63) is 48.0 Å². The van der Waals surface area contributed by atoms with E-state index < -0.39 is 48.2 Å². The molecule has 1 aliphatic heterocycles. The fraction of sp³-hybridized carbons (Fsp3) is 0.273. The Morgan fingerprint density at radius 3 is 2.37 bits per heavy atom. The zero-order chi connectivity index (χ0) is 25.8. The Hall–Kier alpha value is -4.29. The molecule has 3 N–H and O–H groups in total. The van der Waals surface area contributed by atoms with Gasteiger partial charge in [-0.1, -0.05) is 0 Å². The van der Waals surface area contributed by atoms with Crippen molar-refractivity contribution in [2.75, 3.05) is 19.0 Å². The number of imide groups is 1. The number of methoxy groups -OCH3 is 1. The van der Waals surface area contributed by atoms with Gasteiger partial charge >= 0.3 is 12.3 Å². The number of nitrogens with one attached hydrogen (secondary N) is 1. The van der Waals surface area contributed by atoms with Crippen LogP contribution in [0.25, 0.3) is 0 Å². The van der Waals surface area contributed by atoms with Crippen LogP contribution in [0.2, 0.25) is 0 Å². The smallest absolute Gasteiger partial charge is 0.416 e. The highest BCUT2D eigenvalue weighted by atomic mass is 19.4. The molecule has 0 saturated carbocycles. The second-order valence-electron chi connectivity index (χ2n) is 7.30. The van der Waals surface area contributed by atoms with Gasteiger partial charge in [-0.05, 0) is 42.8 Å². The number of rotatable bonds is 7. The molecule has 0 aromatic heterocycles. The Balaban J connectivity index is 1.76. The van der Waals surface area contributed by atoms with E-state index in [1.165, 1.54) is 25.3 Å². The molecule has 1 atom stereocenters. The van der Waals surface area contributed by atoms with Gasteiger partial charge in [0.25, 0.3) is 5.91 Å². The molecule has 0 radical (unpaired) electrons. The normalized spacial score (nSPS) is 15.5. The lowest BCUT2D eigenvalue weighted by Crippen LogP contribution is -2.47. The number of likely N-dealkylation sites (tertiary alicyclic amines) is 1. The van der Waals surface area contributed by atoms with Gasteiger partial charge < -0.3 is 25.3 Å². The van der Waals surface area contributed by atoms with Crippen LogP contribution >= 0.6 is 0 Å². The first-order valence-corrected chi connectivity index (χ1v) is 10.1. The Labute approximate surface area is 196 Å². The Bertz CT molecular complexity index is 1140. The predicted octanol–water partition coefficient (Wildman–Crippen LogP) is 3.06. The fourth-order valence-corrected chi connectivity index (χ4v) is 3.36. The fourth-order valence-electron chi connectivity index (χ4n) is 3.36. The standard InChI is InChI=1S/C22H20F3N3O7/c1-33-17-8-6-14(35-13-4-2-12(3-5-13)22(23,24)25)10-15(17)27-20(31)16-7-9-18(29)28(16)19(30)11-34-21(26)32/h2-6,8,10,16H,7,9,11H2,1H3,(H2,26,32)(H,27,31). The van der Waals surface area contributed by atoms with Crippen molar-refractivity contribution in [2.45, 2.75) is 25.1 Å². The average molecular weight is 495 g/mol. The molecule has 1 fully saturated rings. The van der Waals surface area contributed by atoms with Crippen molar-refractivity contribution in [1.29, 1.82) is 0 Å². The number of nitrogens with two attached hydrogens (primary N) is 1. The summed E-state index contributed by atoms with van der Waals surface area (Å²) in [5.41, 5.74) is 4.12. The van der Waals surface area contributed by atoms with Crippen molar-refractivity contribution in [2.24, 2.45) is 5.73 Å². The van der Waals surface area contributed by atoms with Crippen LogP contribution in [-0.2, 0) is 25.3 Å². The first-order chi connectivity index (χ1) is 16.5. The number of ether oxygens (including phenoxy) is 3. The van der Waals surface area contributed by atoms with Gasteiger partial charge in [0.15, 0.2) is 6.61 Å². The molecular weight excluding hydrogens is 475 g/mol. The van der Waals surface area contributed by atoms with E-state index in [2.05, 4.69) is 10.1 Å². The van der Waals surface area contributed by atoms with Crippen LogP contribution in [0.1, 0.15) is 18.4 Å². The van der Waals surface area contributed by atoms with E-state index >= 15 is 0 Å². The number of carbonyl (C=O) groups excluding carboxylic acids is 4. The highest BCUT2D eigenvalue weighted by Gasteiger charge is 2.40. The van der Waals surface area contributed by atoms with Crippen LogP contribution in [0.15, 0.2) is 42.5 Å². The van der Waals surface area contributed by atoms with Gasteiger partial charge in [-0.25, -0.2) is 4.79 Å². The lowest BCUT2D eigenvalue weighted by atomic mass is 10.2. The molecule has 1 unspecified atom stereocenters. The Kier molecular flexibility index (Phi) is 7.47. The van der Waals surface area contributed by atoms with E-state index in [0.29, 0.717) is 4.90 Å². The number of carbonyl (C=O) groups is 4. The number of hydrogen-bond donors (Lipinski definition) is 2. The van der Waals surface area contributed by atoms with Gasteiger partial charge in [-0.3, -0.25) is 19.3 Å². The topological polar surface area (TPSA) is 137 Å². The van der Waals surface area contributed by atoms with Crippen LogP contribution in [0.4, 0.5) is 23.7 Å². The van der Waals surface area contributed by atoms with Crippen LogP contribution in [0, 0.1) is 0 Å². The van der Waals surface area contributed by atoms with Gasteiger partial charge in [0.1, 0.15) is 23.3 Å². The van der Waals surface area contributed by atoms with Gasteiger partial charge in [0.05, 0.1) is 18.4 Å². The summed E-state index contributed by atoms with van der Waals surface area (Å²) in [4.78, 5) is 48.7. The highest BCUT2D eigenvalue weighted by molar-refractivity contribution is 6.07. The number of alkyl halides is 3. The molecule has 1 aliphatic rings.